The number of rotatable bonds is 1. The predicted molar refractivity (Wildman–Crippen MR) is 37.6 cm³/mol. The molecule has 1 aromatic heterocycles. The van der Waals surface area contributed by atoms with Gasteiger partial charge in [-0.15, -0.1) is 0 Å². The van der Waals surface area contributed by atoms with Crippen LogP contribution in [0.25, 0.3) is 0 Å². The van der Waals surface area contributed by atoms with E-state index in [0.29, 0.717) is 11.1 Å². The molecule has 9 heavy (non-hydrogen) atoms. The summed E-state index contributed by atoms with van der Waals surface area (Å²) >= 11 is 3.16. The van der Waals surface area contributed by atoms with Crippen LogP contribution in [0, 0.1) is 0 Å². The van der Waals surface area contributed by atoms with Crippen LogP contribution in [0.3, 0.4) is 0 Å². The summed E-state index contributed by atoms with van der Waals surface area (Å²) in [4.78, 5) is 10.6. The zero-order chi connectivity index (χ0) is 6.69. The summed E-state index contributed by atoms with van der Waals surface area (Å²) < 4.78 is 4.91. The van der Waals surface area contributed by atoms with Crippen molar-refractivity contribution in [3.05, 3.63) is 34.4 Å². The second kappa shape index (κ2) is 2.82. The van der Waals surface area contributed by atoms with E-state index in [9.17, 15) is 4.79 Å². The summed E-state index contributed by atoms with van der Waals surface area (Å²) in [6.45, 7) is 0. The summed E-state index contributed by atoms with van der Waals surface area (Å²) in [7, 11) is 0. The molecule has 0 saturated heterocycles. The average molecular weight is 189 g/mol. The zero-order valence-corrected chi connectivity index (χ0v) is 6.22. The summed E-state index contributed by atoms with van der Waals surface area (Å²) in [5, 5.41) is 0.586. The van der Waals surface area contributed by atoms with E-state index >= 15 is 0 Å². The van der Waals surface area contributed by atoms with Crippen LogP contribution < -0.4 is 5.43 Å². The maximum Gasteiger partial charge on any atom is 0.185 e. The molecule has 1 heterocycles. The molecule has 48 valence electrons. The fourth-order valence-corrected chi connectivity index (χ4v) is 0.793. The first-order chi connectivity index (χ1) is 4.33. The van der Waals surface area contributed by atoms with Gasteiger partial charge in [0.2, 0.25) is 0 Å². The van der Waals surface area contributed by atoms with Crippen molar-refractivity contribution in [3.8, 4) is 0 Å². The Morgan fingerprint density at radius 3 is 2.89 bits per heavy atom. The van der Waals surface area contributed by atoms with Crippen LogP contribution in [0.1, 0.15) is 5.76 Å². The van der Waals surface area contributed by atoms with E-state index in [1.165, 1.54) is 18.4 Å². The van der Waals surface area contributed by atoms with Crippen molar-refractivity contribution in [2.75, 3.05) is 0 Å². The first kappa shape index (κ1) is 6.55. The molecule has 0 N–H and O–H groups in total. The molecule has 0 aliphatic carbocycles. The van der Waals surface area contributed by atoms with Crippen LogP contribution in [0.5, 0.6) is 0 Å². The largest absolute Gasteiger partial charge is 0.468 e. The third kappa shape index (κ3) is 1.68. The lowest BCUT2D eigenvalue weighted by Gasteiger charge is -1.88. The molecule has 0 saturated carbocycles. The third-order valence-electron chi connectivity index (χ3n) is 0.887. The molecular weight excluding hydrogens is 184 g/mol. The van der Waals surface area contributed by atoms with Gasteiger partial charge in [-0.3, -0.25) is 4.79 Å². The van der Waals surface area contributed by atoms with Crippen LogP contribution >= 0.6 is 15.9 Å². The van der Waals surface area contributed by atoms with Gasteiger partial charge in [0.1, 0.15) is 5.76 Å². The molecule has 0 bridgehead atoms. The molecule has 0 spiro atoms. The lowest BCUT2D eigenvalue weighted by atomic mass is 10.4. The van der Waals surface area contributed by atoms with Gasteiger partial charge in [-0.25, -0.2) is 0 Å². The topological polar surface area (TPSA) is 30.2 Å². The number of hydrogen-bond donors (Lipinski definition) is 0. The van der Waals surface area contributed by atoms with Crippen molar-refractivity contribution in [1.82, 2.24) is 0 Å². The van der Waals surface area contributed by atoms with Crippen molar-refractivity contribution in [1.29, 1.82) is 0 Å². The average Bonchev–Trinajstić information content (AvgIpc) is 1.88. The Morgan fingerprint density at radius 2 is 2.44 bits per heavy atom. The van der Waals surface area contributed by atoms with Crippen molar-refractivity contribution >= 4 is 15.9 Å². The first-order valence-electron chi connectivity index (χ1n) is 2.46. The Morgan fingerprint density at radius 1 is 1.67 bits per heavy atom. The van der Waals surface area contributed by atoms with Crippen LogP contribution in [0.4, 0.5) is 0 Å². The smallest absolute Gasteiger partial charge is 0.185 e. The molecule has 1 rings (SSSR count). The van der Waals surface area contributed by atoms with Gasteiger partial charge in [0, 0.05) is 12.1 Å². The van der Waals surface area contributed by atoms with Gasteiger partial charge in [0.15, 0.2) is 5.43 Å². The highest BCUT2D eigenvalue weighted by Crippen LogP contribution is 1.99. The molecule has 0 aromatic carbocycles. The molecular formula is C6H5BrO2. The minimum atomic E-state index is -0.0179. The van der Waals surface area contributed by atoms with Gasteiger partial charge < -0.3 is 4.42 Å². The SMILES string of the molecule is O=c1ccoc(CBr)c1. The minimum Gasteiger partial charge on any atom is -0.468 e. The summed E-state index contributed by atoms with van der Waals surface area (Å²) in [6, 6.07) is 2.83. The highest BCUT2D eigenvalue weighted by molar-refractivity contribution is 9.08. The highest BCUT2D eigenvalue weighted by Gasteiger charge is 1.89. The molecule has 0 aliphatic heterocycles. The molecule has 1 aromatic rings. The summed E-state index contributed by atoms with van der Waals surface area (Å²) in [5.41, 5.74) is -0.0179. The lowest BCUT2D eigenvalue weighted by Crippen LogP contribution is -1.95. The predicted octanol–water partition coefficient (Wildman–Crippen LogP) is 1.53. The maximum absolute atomic E-state index is 10.6. The van der Waals surface area contributed by atoms with E-state index < -0.39 is 0 Å². The van der Waals surface area contributed by atoms with E-state index in [1.807, 2.05) is 0 Å². The van der Waals surface area contributed by atoms with Gasteiger partial charge in [0.05, 0.1) is 11.6 Å². The van der Waals surface area contributed by atoms with Crippen LogP contribution in [-0.2, 0) is 5.33 Å². The molecule has 0 atom stereocenters. The van der Waals surface area contributed by atoms with Crippen molar-refractivity contribution in [2.24, 2.45) is 0 Å². The standard InChI is InChI=1S/C6H5BrO2/c7-4-6-3-5(8)1-2-9-6/h1-3H,4H2. The van der Waals surface area contributed by atoms with Gasteiger partial charge >= 0.3 is 0 Å². The van der Waals surface area contributed by atoms with Crippen molar-refractivity contribution < 1.29 is 4.42 Å². The normalized spacial score (nSPS) is 9.44. The second-order valence-corrected chi connectivity index (χ2v) is 2.13. The van der Waals surface area contributed by atoms with E-state index in [1.54, 1.807) is 0 Å². The molecule has 0 radical (unpaired) electrons. The zero-order valence-electron chi connectivity index (χ0n) is 4.63. The van der Waals surface area contributed by atoms with Gasteiger partial charge in [-0.2, -0.15) is 0 Å². The first-order valence-corrected chi connectivity index (χ1v) is 3.59. The molecule has 3 heteroatoms. The molecule has 2 nitrogen and oxygen atoms in total. The van der Waals surface area contributed by atoms with Crippen molar-refractivity contribution in [3.63, 3.8) is 0 Å². The Hall–Kier alpha value is -0.570. The summed E-state index contributed by atoms with van der Waals surface area (Å²) in [5.74, 6) is 0.655. The third-order valence-corrected chi connectivity index (χ3v) is 1.44. The Balaban J connectivity index is 3.08. The van der Waals surface area contributed by atoms with Gasteiger partial charge in [-0.05, 0) is 0 Å². The van der Waals surface area contributed by atoms with Crippen molar-refractivity contribution in [2.45, 2.75) is 5.33 Å². The van der Waals surface area contributed by atoms with Crippen LogP contribution in [-0.4, -0.2) is 0 Å². The quantitative estimate of drug-likeness (QED) is 0.627. The fourth-order valence-electron chi connectivity index (χ4n) is 0.499. The number of hydrogen-bond acceptors (Lipinski definition) is 2. The Bertz CT molecular complexity index is 241. The summed E-state index contributed by atoms with van der Waals surface area (Å²) in [6.07, 6.45) is 1.39. The molecule has 0 unspecified atom stereocenters. The van der Waals surface area contributed by atoms with E-state index in [2.05, 4.69) is 15.9 Å². The van der Waals surface area contributed by atoms with Gasteiger partial charge in [0.25, 0.3) is 0 Å². The fraction of sp³-hybridized carbons (Fsp3) is 0.167. The number of halogens is 1. The minimum absolute atomic E-state index is 0.0179. The van der Waals surface area contributed by atoms with E-state index in [4.69, 9.17) is 4.42 Å². The van der Waals surface area contributed by atoms with E-state index in [-0.39, 0.29) is 5.43 Å². The van der Waals surface area contributed by atoms with E-state index in [0.717, 1.165) is 0 Å². The lowest BCUT2D eigenvalue weighted by molar-refractivity contribution is 0.512. The molecule has 0 amide bonds. The monoisotopic (exact) mass is 188 g/mol. The Kier molecular flexibility index (Phi) is 2.05. The van der Waals surface area contributed by atoms with Crippen LogP contribution in [0.2, 0.25) is 0 Å². The Labute approximate surface area is 60.6 Å². The molecule has 0 fully saturated rings. The van der Waals surface area contributed by atoms with Gasteiger partial charge in [-0.1, -0.05) is 15.9 Å². The second-order valence-electron chi connectivity index (χ2n) is 1.57. The number of alkyl halides is 1. The highest BCUT2D eigenvalue weighted by atomic mass is 79.9. The molecule has 0 aliphatic rings. The van der Waals surface area contributed by atoms with Crippen LogP contribution in [0.15, 0.2) is 27.6 Å². The maximum atomic E-state index is 10.6.